The molecule has 0 fully saturated rings. The molecular weight excluding hydrogens is 433 g/mol. The summed E-state index contributed by atoms with van der Waals surface area (Å²) in [6, 6.07) is 10.8. The van der Waals surface area contributed by atoms with Crippen molar-refractivity contribution in [3.05, 3.63) is 80.4 Å². The molecule has 1 heterocycles. The molecule has 0 saturated heterocycles. The molecule has 3 aromatic rings. The van der Waals surface area contributed by atoms with Crippen molar-refractivity contribution in [2.75, 3.05) is 0 Å². The Hall–Kier alpha value is -2.12. The van der Waals surface area contributed by atoms with Crippen LogP contribution in [0.3, 0.4) is 0 Å². The highest BCUT2D eigenvalue weighted by molar-refractivity contribution is 9.10. The fraction of sp³-hybridized carbons (Fsp3) is 0.111. The number of rotatable bonds is 4. The third-order valence-electron chi connectivity index (χ3n) is 3.46. The lowest BCUT2D eigenvalue weighted by Gasteiger charge is -2.08. The topological polar surface area (TPSA) is 38.9 Å². The van der Waals surface area contributed by atoms with Crippen LogP contribution in [0.25, 0.3) is 12.2 Å². The average molecular weight is 444 g/mol. The maximum Gasteiger partial charge on any atom is 0.416 e. The standard InChI is InChI=1S/C18H11BrClF3N2O/c19-14-3-1-2-11(8-14)9-17-25-24-16(26-17)7-4-12-10-13(18(21,22)23)5-6-15(12)20/h1-8,10H,9H2. The first-order valence-corrected chi connectivity index (χ1v) is 8.60. The second kappa shape index (κ2) is 7.63. The quantitative estimate of drug-likeness (QED) is 0.477. The highest BCUT2D eigenvalue weighted by Crippen LogP contribution is 2.32. The summed E-state index contributed by atoms with van der Waals surface area (Å²) in [5.41, 5.74) is 0.426. The van der Waals surface area contributed by atoms with Crippen molar-refractivity contribution < 1.29 is 17.6 Å². The molecule has 0 spiro atoms. The first-order chi connectivity index (χ1) is 12.3. The molecular formula is C18H11BrClF3N2O. The number of benzene rings is 2. The molecule has 1 aromatic heterocycles. The maximum absolute atomic E-state index is 12.8. The largest absolute Gasteiger partial charge is 0.421 e. The molecule has 134 valence electrons. The zero-order valence-electron chi connectivity index (χ0n) is 13.1. The minimum absolute atomic E-state index is 0.184. The van der Waals surface area contributed by atoms with Crippen LogP contribution < -0.4 is 0 Å². The number of alkyl halides is 3. The number of hydrogen-bond donors (Lipinski definition) is 0. The van der Waals surface area contributed by atoms with Gasteiger partial charge in [-0.15, -0.1) is 10.2 Å². The van der Waals surface area contributed by atoms with Crippen LogP contribution >= 0.6 is 27.5 Å². The Morgan fingerprint density at radius 2 is 1.88 bits per heavy atom. The van der Waals surface area contributed by atoms with Gasteiger partial charge in [-0.3, -0.25) is 0 Å². The monoisotopic (exact) mass is 442 g/mol. The lowest BCUT2D eigenvalue weighted by Crippen LogP contribution is -2.04. The summed E-state index contributed by atoms with van der Waals surface area (Å²) in [5.74, 6) is 0.585. The lowest BCUT2D eigenvalue weighted by atomic mass is 10.1. The van der Waals surface area contributed by atoms with Gasteiger partial charge in [0.05, 0.1) is 12.0 Å². The highest BCUT2D eigenvalue weighted by atomic mass is 79.9. The van der Waals surface area contributed by atoms with Crippen LogP contribution in [0.15, 0.2) is 51.4 Å². The van der Waals surface area contributed by atoms with E-state index in [9.17, 15) is 13.2 Å². The second-order valence-electron chi connectivity index (χ2n) is 5.41. The Morgan fingerprint density at radius 3 is 2.62 bits per heavy atom. The summed E-state index contributed by atoms with van der Waals surface area (Å²) in [5, 5.41) is 8.00. The van der Waals surface area contributed by atoms with Crippen molar-refractivity contribution in [3.63, 3.8) is 0 Å². The molecule has 3 nitrogen and oxygen atoms in total. The van der Waals surface area contributed by atoms with Gasteiger partial charge in [-0.2, -0.15) is 13.2 Å². The van der Waals surface area contributed by atoms with Crippen LogP contribution in [0.2, 0.25) is 5.02 Å². The summed E-state index contributed by atoms with van der Waals surface area (Å²) >= 11 is 9.34. The number of halogens is 5. The molecule has 0 aliphatic rings. The van der Waals surface area contributed by atoms with Crippen molar-refractivity contribution in [2.45, 2.75) is 12.6 Å². The van der Waals surface area contributed by atoms with E-state index in [1.165, 1.54) is 18.2 Å². The van der Waals surface area contributed by atoms with Gasteiger partial charge in [-0.25, -0.2) is 0 Å². The Morgan fingerprint density at radius 1 is 1.08 bits per heavy atom. The van der Waals surface area contributed by atoms with Crippen LogP contribution in [-0.4, -0.2) is 10.2 Å². The van der Waals surface area contributed by atoms with Crippen molar-refractivity contribution in [3.8, 4) is 0 Å². The fourth-order valence-corrected chi connectivity index (χ4v) is 2.86. The Kier molecular flexibility index (Phi) is 5.48. The molecule has 26 heavy (non-hydrogen) atoms. The molecule has 8 heteroatoms. The smallest absolute Gasteiger partial charge is 0.416 e. The summed E-state index contributed by atoms with van der Waals surface area (Å²) in [6.07, 6.45) is -1.15. The number of aromatic nitrogens is 2. The molecule has 0 saturated carbocycles. The van der Waals surface area contributed by atoms with E-state index in [4.69, 9.17) is 16.0 Å². The van der Waals surface area contributed by atoms with Crippen molar-refractivity contribution in [1.82, 2.24) is 10.2 Å². The first-order valence-electron chi connectivity index (χ1n) is 7.43. The van der Waals surface area contributed by atoms with Gasteiger partial charge in [-0.1, -0.05) is 39.7 Å². The van der Waals surface area contributed by atoms with E-state index in [0.717, 1.165) is 22.2 Å². The van der Waals surface area contributed by atoms with E-state index in [-0.39, 0.29) is 16.5 Å². The molecule has 2 aromatic carbocycles. The van der Waals surface area contributed by atoms with Crippen LogP contribution in [0, 0.1) is 0 Å². The van der Waals surface area contributed by atoms with E-state index in [1.807, 2.05) is 24.3 Å². The van der Waals surface area contributed by atoms with Gasteiger partial charge in [0.1, 0.15) is 0 Å². The zero-order valence-corrected chi connectivity index (χ0v) is 15.4. The Balaban J connectivity index is 1.77. The molecule has 0 aliphatic carbocycles. The van der Waals surface area contributed by atoms with Gasteiger partial charge < -0.3 is 4.42 Å². The minimum Gasteiger partial charge on any atom is -0.421 e. The second-order valence-corrected chi connectivity index (χ2v) is 6.73. The van der Waals surface area contributed by atoms with E-state index in [0.29, 0.717) is 12.3 Å². The minimum atomic E-state index is -4.44. The third kappa shape index (κ3) is 4.74. The van der Waals surface area contributed by atoms with Crippen molar-refractivity contribution >= 4 is 39.7 Å². The van der Waals surface area contributed by atoms with Gasteiger partial charge in [-0.05, 0) is 47.5 Å². The number of hydrogen-bond acceptors (Lipinski definition) is 3. The average Bonchev–Trinajstić information content (AvgIpc) is 3.00. The normalized spacial score (nSPS) is 12.0. The molecule has 0 atom stereocenters. The highest BCUT2D eigenvalue weighted by Gasteiger charge is 2.30. The van der Waals surface area contributed by atoms with Gasteiger partial charge >= 0.3 is 6.18 Å². The van der Waals surface area contributed by atoms with Crippen LogP contribution in [0.1, 0.15) is 28.5 Å². The van der Waals surface area contributed by atoms with Gasteiger partial charge in [0.15, 0.2) is 0 Å². The van der Waals surface area contributed by atoms with Crippen LogP contribution in [0.4, 0.5) is 13.2 Å². The van der Waals surface area contributed by atoms with E-state index >= 15 is 0 Å². The first kappa shape index (κ1) is 18.7. The zero-order chi connectivity index (χ0) is 18.7. The van der Waals surface area contributed by atoms with E-state index < -0.39 is 11.7 Å². The van der Waals surface area contributed by atoms with Crippen LogP contribution in [0.5, 0.6) is 0 Å². The Labute approximate surface area is 160 Å². The summed E-state index contributed by atoms with van der Waals surface area (Å²) in [4.78, 5) is 0. The number of nitrogens with zero attached hydrogens (tertiary/aromatic N) is 2. The Bertz CT molecular complexity index is 954. The lowest BCUT2D eigenvalue weighted by molar-refractivity contribution is -0.137. The maximum atomic E-state index is 12.8. The summed E-state index contributed by atoms with van der Waals surface area (Å²) < 4.78 is 44.8. The molecule has 0 N–H and O–H groups in total. The predicted octanol–water partition coefficient (Wildman–Crippen LogP) is 6.27. The third-order valence-corrected chi connectivity index (χ3v) is 4.29. The molecule has 0 unspecified atom stereocenters. The van der Waals surface area contributed by atoms with Crippen molar-refractivity contribution in [1.29, 1.82) is 0 Å². The molecule has 0 radical (unpaired) electrons. The molecule has 0 bridgehead atoms. The SMILES string of the molecule is FC(F)(F)c1ccc(Cl)c(C=Cc2nnc(Cc3cccc(Br)c3)o2)c1. The predicted molar refractivity (Wildman–Crippen MR) is 96.6 cm³/mol. The molecule has 3 rings (SSSR count). The summed E-state index contributed by atoms with van der Waals surface area (Å²) in [7, 11) is 0. The molecule has 0 aliphatic heterocycles. The molecule has 0 amide bonds. The van der Waals surface area contributed by atoms with Crippen LogP contribution in [-0.2, 0) is 12.6 Å². The van der Waals surface area contributed by atoms with Crippen molar-refractivity contribution in [2.24, 2.45) is 0 Å². The van der Waals surface area contributed by atoms with Gasteiger partial charge in [0, 0.05) is 15.6 Å². The van der Waals surface area contributed by atoms with Gasteiger partial charge in [0.2, 0.25) is 11.8 Å². The summed E-state index contributed by atoms with van der Waals surface area (Å²) in [6.45, 7) is 0. The van der Waals surface area contributed by atoms with E-state index in [2.05, 4.69) is 26.1 Å². The van der Waals surface area contributed by atoms with Gasteiger partial charge in [0.25, 0.3) is 0 Å². The fourth-order valence-electron chi connectivity index (χ4n) is 2.24. The van der Waals surface area contributed by atoms with E-state index in [1.54, 1.807) is 0 Å².